The summed E-state index contributed by atoms with van der Waals surface area (Å²) < 4.78 is 25.1. The number of aromatic nitrogens is 2. The van der Waals surface area contributed by atoms with E-state index >= 15 is 0 Å². The number of hydrogen-bond acceptors (Lipinski definition) is 8. The number of hydrogen-bond donors (Lipinski definition) is 3. The summed E-state index contributed by atoms with van der Waals surface area (Å²) in [6, 6.07) is 9.69. The fraction of sp³-hybridized carbons (Fsp3) is 0.357. The van der Waals surface area contributed by atoms with Crippen LogP contribution in [0.2, 0.25) is 0 Å². The molecule has 5 rings (SSSR count). The molecular formula is C28H31FN6O4. The Morgan fingerprint density at radius 3 is 2.36 bits per heavy atom. The van der Waals surface area contributed by atoms with Gasteiger partial charge in [-0.15, -0.1) is 0 Å². The van der Waals surface area contributed by atoms with Gasteiger partial charge >= 0.3 is 0 Å². The minimum absolute atomic E-state index is 0.170. The lowest BCUT2D eigenvalue weighted by Gasteiger charge is -2.29. The van der Waals surface area contributed by atoms with Crippen LogP contribution in [-0.4, -0.2) is 67.3 Å². The molecule has 204 valence electrons. The Kier molecular flexibility index (Phi) is 8.28. The second-order valence-electron chi connectivity index (χ2n) is 9.53. The van der Waals surface area contributed by atoms with Crippen molar-refractivity contribution >= 4 is 34.7 Å². The summed E-state index contributed by atoms with van der Waals surface area (Å²) in [6.45, 7) is 5.51. The summed E-state index contributed by atoms with van der Waals surface area (Å²) in [5, 5.41) is 8.93. The Morgan fingerprint density at radius 2 is 1.62 bits per heavy atom. The third-order valence-electron chi connectivity index (χ3n) is 6.71. The molecule has 0 saturated carbocycles. The Labute approximate surface area is 225 Å². The van der Waals surface area contributed by atoms with Crippen molar-refractivity contribution in [3.63, 3.8) is 0 Å². The largest absolute Gasteiger partial charge is 0.381 e. The van der Waals surface area contributed by atoms with E-state index in [9.17, 15) is 14.0 Å². The van der Waals surface area contributed by atoms with E-state index in [-0.39, 0.29) is 11.5 Å². The van der Waals surface area contributed by atoms with E-state index in [1.807, 2.05) is 11.0 Å². The first kappa shape index (κ1) is 26.5. The first-order chi connectivity index (χ1) is 18.9. The van der Waals surface area contributed by atoms with Crippen LogP contribution in [0.4, 0.5) is 27.3 Å². The van der Waals surface area contributed by atoms with E-state index in [4.69, 9.17) is 9.47 Å². The molecule has 2 amide bonds. The molecule has 1 aromatic carbocycles. The van der Waals surface area contributed by atoms with Crippen molar-refractivity contribution in [1.82, 2.24) is 9.97 Å². The number of nitrogens with zero attached hydrogens (tertiary/aromatic N) is 3. The molecule has 0 spiro atoms. The van der Waals surface area contributed by atoms with Gasteiger partial charge in [-0.05, 0) is 56.2 Å². The average Bonchev–Trinajstić information content (AvgIpc) is 2.96. The molecule has 0 bridgehead atoms. The zero-order valence-electron chi connectivity index (χ0n) is 21.7. The third kappa shape index (κ3) is 6.87. The van der Waals surface area contributed by atoms with Crippen LogP contribution in [0.25, 0.3) is 0 Å². The van der Waals surface area contributed by atoms with E-state index in [0.29, 0.717) is 60.7 Å². The number of aryl methyl sites for hydroxylation is 1. The summed E-state index contributed by atoms with van der Waals surface area (Å²) in [6.07, 6.45) is 4.90. The average molecular weight is 535 g/mol. The van der Waals surface area contributed by atoms with Crippen molar-refractivity contribution < 1.29 is 23.5 Å². The van der Waals surface area contributed by atoms with Crippen LogP contribution in [0.3, 0.4) is 0 Å². The molecule has 10 nitrogen and oxygen atoms in total. The number of ether oxygens (including phenoxy) is 2. The normalized spacial score (nSPS) is 16.0. The quantitative estimate of drug-likeness (QED) is 0.418. The smallest absolute Gasteiger partial charge is 0.257 e. The molecule has 4 heterocycles. The highest BCUT2D eigenvalue weighted by Crippen LogP contribution is 2.22. The predicted molar refractivity (Wildman–Crippen MR) is 146 cm³/mol. The van der Waals surface area contributed by atoms with E-state index in [0.717, 1.165) is 31.9 Å². The molecule has 2 saturated heterocycles. The van der Waals surface area contributed by atoms with E-state index in [1.165, 1.54) is 18.3 Å². The first-order valence-corrected chi connectivity index (χ1v) is 13.0. The van der Waals surface area contributed by atoms with Crippen LogP contribution in [0, 0.1) is 12.7 Å². The predicted octanol–water partition coefficient (Wildman–Crippen LogP) is 3.86. The number of carbonyl (C=O) groups excluding carboxylic acids is 2. The number of carbonyl (C=O) groups is 2. The third-order valence-corrected chi connectivity index (χ3v) is 6.71. The minimum atomic E-state index is -0.506. The summed E-state index contributed by atoms with van der Waals surface area (Å²) >= 11 is 0. The molecule has 3 N–H and O–H groups in total. The van der Waals surface area contributed by atoms with Gasteiger partial charge < -0.3 is 30.3 Å². The lowest BCUT2D eigenvalue weighted by Crippen LogP contribution is -2.36. The number of anilines is 4. The van der Waals surface area contributed by atoms with Crippen LogP contribution in [0.5, 0.6) is 0 Å². The maximum Gasteiger partial charge on any atom is 0.257 e. The Balaban J connectivity index is 1.24. The second kappa shape index (κ2) is 12.2. The lowest BCUT2D eigenvalue weighted by atomic mass is 10.1. The molecule has 2 fully saturated rings. The van der Waals surface area contributed by atoms with Crippen molar-refractivity contribution in [3.8, 4) is 0 Å². The molecule has 2 aliphatic rings. The molecule has 0 unspecified atom stereocenters. The van der Waals surface area contributed by atoms with Crippen LogP contribution >= 0.6 is 0 Å². The molecule has 0 aliphatic carbocycles. The maximum absolute atomic E-state index is 14.3. The van der Waals surface area contributed by atoms with Gasteiger partial charge in [-0.2, -0.15) is 0 Å². The number of halogens is 1. The van der Waals surface area contributed by atoms with Crippen LogP contribution in [-0.2, 0) is 9.47 Å². The first-order valence-electron chi connectivity index (χ1n) is 13.0. The monoisotopic (exact) mass is 534 g/mol. The number of amides is 2. The molecule has 2 aliphatic heterocycles. The highest BCUT2D eigenvalue weighted by molar-refractivity contribution is 6.08. The standard InChI is InChI=1S/C28H31FN6O4/c1-18-25(28(37)33-22-2-3-26(31-16-22)32-21-4-8-38-9-5-21)15-23(17-30-18)34-27(36)19-12-20(29)14-24(13-19)35-6-10-39-11-7-35/h2-3,12-17,21H,4-11H2,1H3,(H,31,32)(H,33,37)(H,34,36). The Hall–Kier alpha value is -4.09. The highest BCUT2D eigenvalue weighted by atomic mass is 19.1. The van der Waals surface area contributed by atoms with Crippen molar-refractivity contribution in [2.24, 2.45) is 0 Å². The van der Waals surface area contributed by atoms with Gasteiger partial charge in [0.15, 0.2) is 0 Å². The summed E-state index contributed by atoms with van der Waals surface area (Å²) in [5.74, 6) is -0.661. The Morgan fingerprint density at radius 1 is 0.897 bits per heavy atom. The van der Waals surface area contributed by atoms with Crippen molar-refractivity contribution in [2.75, 3.05) is 60.4 Å². The second-order valence-corrected chi connectivity index (χ2v) is 9.53. The lowest BCUT2D eigenvalue weighted by molar-refractivity contribution is 0.0903. The van der Waals surface area contributed by atoms with Gasteiger partial charge in [-0.1, -0.05) is 0 Å². The van der Waals surface area contributed by atoms with Crippen molar-refractivity contribution in [3.05, 3.63) is 71.4 Å². The minimum Gasteiger partial charge on any atom is -0.381 e. The highest BCUT2D eigenvalue weighted by Gasteiger charge is 2.18. The number of benzene rings is 1. The van der Waals surface area contributed by atoms with Gasteiger partial charge in [0.2, 0.25) is 0 Å². The summed E-state index contributed by atoms with van der Waals surface area (Å²) in [5.41, 5.74) is 2.43. The van der Waals surface area contributed by atoms with Crippen molar-refractivity contribution in [1.29, 1.82) is 0 Å². The van der Waals surface area contributed by atoms with Crippen LogP contribution in [0.15, 0.2) is 48.8 Å². The van der Waals surface area contributed by atoms with Gasteiger partial charge in [-0.25, -0.2) is 9.37 Å². The maximum atomic E-state index is 14.3. The fourth-order valence-corrected chi connectivity index (χ4v) is 4.55. The van der Waals surface area contributed by atoms with E-state index < -0.39 is 11.7 Å². The van der Waals surface area contributed by atoms with Gasteiger partial charge in [0.25, 0.3) is 11.8 Å². The van der Waals surface area contributed by atoms with E-state index in [2.05, 4.69) is 25.9 Å². The Bertz CT molecular complexity index is 1320. The van der Waals surface area contributed by atoms with E-state index in [1.54, 1.807) is 31.3 Å². The molecule has 0 radical (unpaired) electrons. The zero-order valence-corrected chi connectivity index (χ0v) is 21.7. The molecule has 11 heteroatoms. The number of rotatable bonds is 7. The zero-order chi connectivity index (χ0) is 27.2. The van der Waals surface area contributed by atoms with Gasteiger partial charge in [0, 0.05) is 43.6 Å². The summed E-state index contributed by atoms with van der Waals surface area (Å²) in [7, 11) is 0. The molecule has 39 heavy (non-hydrogen) atoms. The van der Waals surface area contributed by atoms with Gasteiger partial charge in [0.1, 0.15) is 11.6 Å². The molecular weight excluding hydrogens is 503 g/mol. The number of nitrogens with one attached hydrogen (secondary N) is 3. The molecule has 0 atom stereocenters. The topological polar surface area (TPSA) is 118 Å². The number of pyridine rings is 2. The SMILES string of the molecule is Cc1ncc(NC(=O)c2cc(F)cc(N3CCOCC3)c2)cc1C(=O)Nc1ccc(NC2CCOCC2)nc1. The molecule has 3 aromatic rings. The fourth-order valence-electron chi connectivity index (χ4n) is 4.55. The molecule has 2 aromatic heterocycles. The van der Waals surface area contributed by atoms with Crippen LogP contribution < -0.4 is 20.9 Å². The number of morpholine rings is 1. The van der Waals surface area contributed by atoms with Crippen LogP contribution in [0.1, 0.15) is 39.3 Å². The van der Waals surface area contributed by atoms with Gasteiger partial charge in [-0.3, -0.25) is 14.6 Å². The summed E-state index contributed by atoms with van der Waals surface area (Å²) in [4.78, 5) is 36.6. The van der Waals surface area contributed by atoms with Gasteiger partial charge in [0.05, 0.1) is 48.2 Å². The van der Waals surface area contributed by atoms with Crippen molar-refractivity contribution in [2.45, 2.75) is 25.8 Å².